The van der Waals surface area contributed by atoms with E-state index in [0.717, 1.165) is 15.6 Å². The van der Waals surface area contributed by atoms with Gasteiger partial charge in [0.2, 0.25) is 5.91 Å². The number of carbonyl (C=O) groups excluding carboxylic acids is 1. The van der Waals surface area contributed by atoms with Crippen LogP contribution in [0.5, 0.6) is 11.5 Å². The van der Waals surface area contributed by atoms with E-state index in [1.165, 1.54) is 11.3 Å². The number of thiazole rings is 1. The molecule has 1 saturated heterocycles. The van der Waals surface area contributed by atoms with Gasteiger partial charge in [-0.15, -0.1) is 23.1 Å². The van der Waals surface area contributed by atoms with Gasteiger partial charge in [-0.25, -0.2) is 4.98 Å². The zero-order valence-corrected chi connectivity index (χ0v) is 15.0. The van der Waals surface area contributed by atoms with E-state index in [2.05, 4.69) is 4.98 Å². The average molecular weight is 350 g/mol. The summed E-state index contributed by atoms with van der Waals surface area (Å²) < 4.78 is 10.7. The number of carbonyl (C=O) groups is 1. The fourth-order valence-corrected chi connectivity index (χ4v) is 4.61. The molecule has 0 bridgehead atoms. The SMILES string of the molecule is COc1ccc([C@H]2S[C@@H](C)C(=O)N2c2ncc(C)s2)cc1OC. The van der Waals surface area contributed by atoms with E-state index in [9.17, 15) is 4.79 Å². The van der Waals surface area contributed by atoms with Crippen LogP contribution in [0.4, 0.5) is 5.13 Å². The lowest BCUT2D eigenvalue weighted by atomic mass is 10.2. The monoisotopic (exact) mass is 350 g/mol. The molecule has 2 atom stereocenters. The maximum absolute atomic E-state index is 12.6. The highest BCUT2D eigenvalue weighted by molar-refractivity contribution is 8.01. The summed E-state index contributed by atoms with van der Waals surface area (Å²) in [4.78, 5) is 19.9. The summed E-state index contributed by atoms with van der Waals surface area (Å²) in [6, 6.07) is 5.76. The number of aromatic nitrogens is 1. The van der Waals surface area contributed by atoms with Crippen molar-refractivity contribution in [2.45, 2.75) is 24.5 Å². The Morgan fingerprint density at radius 2 is 1.96 bits per heavy atom. The van der Waals surface area contributed by atoms with Crippen molar-refractivity contribution in [2.24, 2.45) is 0 Å². The molecule has 2 aromatic rings. The lowest BCUT2D eigenvalue weighted by Gasteiger charge is -2.22. The van der Waals surface area contributed by atoms with Crippen LogP contribution in [0.25, 0.3) is 0 Å². The summed E-state index contributed by atoms with van der Waals surface area (Å²) >= 11 is 3.15. The Kier molecular flexibility index (Phi) is 4.50. The zero-order valence-electron chi connectivity index (χ0n) is 13.4. The molecule has 0 radical (unpaired) electrons. The van der Waals surface area contributed by atoms with Crippen LogP contribution in [-0.2, 0) is 4.79 Å². The van der Waals surface area contributed by atoms with Gasteiger partial charge in [-0.05, 0) is 31.5 Å². The van der Waals surface area contributed by atoms with Crippen molar-refractivity contribution in [1.29, 1.82) is 0 Å². The van der Waals surface area contributed by atoms with Gasteiger partial charge in [0, 0.05) is 11.1 Å². The minimum Gasteiger partial charge on any atom is -0.493 e. The number of aryl methyl sites for hydroxylation is 1. The number of rotatable bonds is 4. The lowest BCUT2D eigenvalue weighted by Crippen LogP contribution is -2.29. The molecule has 1 amide bonds. The highest BCUT2D eigenvalue weighted by Crippen LogP contribution is 2.47. The number of thioether (sulfide) groups is 1. The molecule has 23 heavy (non-hydrogen) atoms. The first-order chi connectivity index (χ1) is 11.0. The summed E-state index contributed by atoms with van der Waals surface area (Å²) in [6.45, 7) is 3.92. The third-order valence-corrected chi connectivity index (χ3v) is 5.92. The van der Waals surface area contributed by atoms with E-state index < -0.39 is 0 Å². The van der Waals surface area contributed by atoms with Crippen molar-refractivity contribution in [2.75, 3.05) is 19.1 Å². The summed E-state index contributed by atoms with van der Waals surface area (Å²) in [5.74, 6) is 1.42. The van der Waals surface area contributed by atoms with Gasteiger partial charge in [-0.3, -0.25) is 9.69 Å². The third kappa shape index (κ3) is 2.90. The van der Waals surface area contributed by atoms with Crippen LogP contribution in [0.1, 0.15) is 22.7 Å². The van der Waals surface area contributed by atoms with E-state index in [4.69, 9.17) is 9.47 Å². The predicted octanol–water partition coefficient (Wildman–Crippen LogP) is 3.64. The van der Waals surface area contributed by atoms with Crippen LogP contribution < -0.4 is 14.4 Å². The first-order valence-corrected chi connectivity index (χ1v) is 8.94. The number of ether oxygens (including phenoxy) is 2. The molecule has 1 aliphatic heterocycles. The molecule has 122 valence electrons. The van der Waals surface area contributed by atoms with Crippen LogP contribution >= 0.6 is 23.1 Å². The van der Waals surface area contributed by atoms with Crippen LogP contribution in [0.3, 0.4) is 0 Å². The Morgan fingerprint density at radius 1 is 1.22 bits per heavy atom. The van der Waals surface area contributed by atoms with Crippen molar-refractivity contribution >= 4 is 34.1 Å². The highest BCUT2D eigenvalue weighted by atomic mass is 32.2. The van der Waals surface area contributed by atoms with E-state index in [-0.39, 0.29) is 16.5 Å². The van der Waals surface area contributed by atoms with Gasteiger partial charge in [0.05, 0.1) is 19.5 Å². The second kappa shape index (κ2) is 6.41. The number of benzene rings is 1. The number of hydrogen-bond acceptors (Lipinski definition) is 6. The molecule has 7 heteroatoms. The number of hydrogen-bond donors (Lipinski definition) is 0. The Bertz CT molecular complexity index is 732. The van der Waals surface area contributed by atoms with Gasteiger partial charge < -0.3 is 9.47 Å². The van der Waals surface area contributed by atoms with Crippen molar-refractivity contribution in [3.05, 3.63) is 34.8 Å². The second-order valence-corrected chi connectivity index (χ2v) is 7.85. The Labute approximate surface area is 143 Å². The normalized spacial score (nSPS) is 20.9. The molecule has 0 N–H and O–H groups in total. The van der Waals surface area contributed by atoms with Gasteiger partial charge in [0.25, 0.3) is 0 Å². The molecular weight excluding hydrogens is 332 g/mol. The summed E-state index contributed by atoms with van der Waals surface area (Å²) in [5, 5.41) is 0.532. The van der Waals surface area contributed by atoms with Crippen molar-refractivity contribution in [3.8, 4) is 11.5 Å². The van der Waals surface area contributed by atoms with E-state index in [1.54, 1.807) is 37.1 Å². The lowest BCUT2D eigenvalue weighted by molar-refractivity contribution is -0.117. The summed E-state index contributed by atoms with van der Waals surface area (Å²) in [6.07, 6.45) is 1.80. The Hall–Kier alpha value is -1.73. The van der Waals surface area contributed by atoms with Crippen LogP contribution in [0.15, 0.2) is 24.4 Å². The van der Waals surface area contributed by atoms with Gasteiger partial charge in [-0.1, -0.05) is 6.07 Å². The largest absolute Gasteiger partial charge is 0.493 e. The quantitative estimate of drug-likeness (QED) is 0.843. The molecule has 0 saturated carbocycles. The number of amides is 1. The van der Waals surface area contributed by atoms with E-state index >= 15 is 0 Å². The fraction of sp³-hybridized carbons (Fsp3) is 0.375. The molecule has 2 heterocycles. The predicted molar refractivity (Wildman–Crippen MR) is 93.7 cm³/mol. The number of anilines is 1. The molecule has 1 aromatic heterocycles. The molecule has 1 aromatic carbocycles. The Balaban J connectivity index is 2.01. The third-order valence-electron chi connectivity index (χ3n) is 3.66. The van der Waals surface area contributed by atoms with Gasteiger partial charge >= 0.3 is 0 Å². The number of methoxy groups -OCH3 is 2. The van der Waals surface area contributed by atoms with Gasteiger partial charge in [0.15, 0.2) is 16.6 Å². The Morgan fingerprint density at radius 3 is 2.57 bits per heavy atom. The molecule has 0 aliphatic carbocycles. The maximum atomic E-state index is 12.6. The van der Waals surface area contributed by atoms with Crippen LogP contribution in [0.2, 0.25) is 0 Å². The molecule has 1 fully saturated rings. The standard InChI is InChI=1S/C16H18N2O3S2/c1-9-8-17-16(22-9)18-14(19)10(2)23-15(18)11-5-6-12(20-3)13(7-11)21-4/h5-8,10,15H,1-4H3/t10-,15+/m0/s1. The molecule has 0 spiro atoms. The number of nitrogens with zero attached hydrogens (tertiary/aromatic N) is 2. The van der Waals surface area contributed by atoms with Crippen LogP contribution in [-0.4, -0.2) is 30.4 Å². The molecular formula is C16H18N2O3S2. The zero-order chi connectivity index (χ0) is 16.6. The van der Waals surface area contributed by atoms with E-state index in [1.807, 2.05) is 32.0 Å². The maximum Gasteiger partial charge on any atom is 0.242 e. The van der Waals surface area contributed by atoms with Crippen molar-refractivity contribution in [1.82, 2.24) is 4.98 Å². The minimum absolute atomic E-state index is 0.0872. The van der Waals surface area contributed by atoms with Crippen molar-refractivity contribution < 1.29 is 14.3 Å². The molecule has 5 nitrogen and oxygen atoms in total. The minimum atomic E-state index is -0.108. The van der Waals surface area contributed by atoms with E-state index in [0.29, 0.717) is 11.5 Å². The van der Waals surface area contributed by atoms with Gasteiger partial charge in [0.1, 0.15) is 5.37 Å². The van der Waals surface area contributed by atoms with Crippen molar-refractivity contribution in [3.63, 3.8) is 0 Å². The van der Waals surface area contributed by atoms with Gasteiger partial charge in [-0.2, -0.15) is 0 Å². The molecule has 3 rings (SSSR count). The van der Waals surface area contributed by atoms with Crippen LogP contribution in [0, 0.1) is 6.92 Å². The fourth-order valence-electron chi connectivity index (χ4n) is 2.51. The summed E-state index contributed by atoms with van der Waals surface area (Å²) in [5.41, 5.74) is 0.998. The second-order valence-electron chi connectivity index (χ2n) is 5.21. The smallest absolute Gasteiger partial charge is 0.242 e. The highest BCUT2D eigenvalue weighted by Gasteiger charge is 2.41. The molecule has 0 unspecified atom stereocenters. The molecule has 1 aliphatic rings. The topological polar surface area (TPSA) is 51.7 Å². The first-order valence-electron chi connectivity index (χ1n) is 7.18. The summed E-state index contributed by atoms with van der Waals surface area (Å²) in [7, 11) is 3.22. The average Bonchev–Trinajstić information content (AvgIpc) is 3.10. The first kappa shape index (κ1) is 16.1.